The Bertz CT molecular complexity index is 648. The van der Waals surface area contributed by atoms with Gasteiger partial charge in [0.1, 0.15) is 12.4 Å². The normalized spacial score (nSPS) is 9.70. The number of hydrogen-bond acceptors (Lipinski definition) is 4. The first-order valence-electron chi connectivity index (χ1n) is 7.35. The van der Waals surface area contributed by atoms with Crippen molar-refractivity contribution in [1.29, 1.82) is 5.26 Å². The van der Waals surface area contributed by atoms with Gasteiger partial charge in [-0.1, -0.05) is 30.3 Å². The smallest absolute Gasteiger partial charge is 0.407 e. The quantitative estimate of drug-likeness (QED) is 0.797. The minimum Gasteiger partial charge on any atom is -0.494 e. The van der Waals surface area contributed by atoms with E-state index in [1.54, 1.807) is 24.3 Å². The molecule has 23 heavy (non-hydrogen) atoms. The van der Waals surface area contributed by atoms with Crippen LogP contribution in [0.1, 0.15) is 17.5 Å². The fraction of sp³-hybridized carbons (Fsp3) is 0.222. The molecule has 0 saturated heterocycles. The van der Waals surface area contributed by atoms with Crippen LogP contribution in [0.2, 0.25) is 0 Å². The van der Waals surface area contributed by atoms with Crippen molar-refractivity contribution in [1.82, 2.24) is 5.32 Å². The molecule has 0 aliphatic rings. The number of nitrogens with zero attached hydrogens (tertiary/aromatic N) is 1. The molecule has 1 N–H and O–H groups in total. The highest BCUT2D eigenvalue weighted by molar-refractivity contribution is 5.67. The van der Waals surface area contributed by atoms with Gasteiger partial charge in [0.15, 0.2) is 0 Å². The van der Waals surface area contributed by atoms with Gasteiger partial charge < -0.3 is 14.8 Å². The number of nitriles is 1. The molecule has 0 spiro atoms. The van der Waals surface area contributed by atoms with Crippen LogP contribution in [0.25, 0.3) is 0 Å². The lowest BCUT2D eigenvalue weighted by molar-refractivity contribution is 0.139. The van der Waals surface area contributed by atoms with Crippen molar-refractivity contribution in [3.63, 3.8) is 0 Å². The van der Waals surface area contributed by atoms with E-state index in [0.717, 1.165) is 5.56 Å². The Kier molecular flexibility index (Phi) is 6.48. The Morgan fingerprint density at radius 2 is 1.83 bits per heavy atom. The van der Waals surface area contributed by atoms with Gasteiger partial charge in [-0.25, -0.2) is 4.79 Å². The molecule has 0 saturated carbocycles. The van der Waals surface area contributed by atoms with Crippen LogP contribution in [0.4, 0.5) is 4.79 Å². The number of rotatable bonds is 7. The zero-order chi connectivity index (χ0) is 16.3. The molecule has 0 heterocycles. The molecule has 0 atom stereocenters. The fourth-order valence-electron chi connectivity index (χ4n) is 1.85. The monoisotopic (exact) mass is 310 g/mol. The van der Waals surface area contributed by atoms with Gasteiger partial charge in [0.05, 0.1) is 18.2 Å². The first kappa shape index (κ1) is 16.4. The van der Waals surface area contributed by atoms with Gasteiger partial charge in [0.25, 0.3) is 0 Å². The summed E-state index contributed by atoms with van der Waals surface area (Å²) in [6.07, 6.45) is 0.229. The first-order chi connectivity index (χ1) is 11.3. The summed E-state index contributed by atoms with van der Waals surface area (Å²) < 4.78 is 10.6. The topological polar surface area (TPSA) is 71.3 Å². The Labute approximate surface area is 135 Å². The number of carbonyl (C=O) groups excluding carboxylic acids is 1. The van der Waals surface area contributed by atoms with Crippen molar-refractivity contribution in [2.75, 3.05) is 13.2 Å². The summed E-state index contributed by atoms with van der Waals surface area (Å²) in [7, 11) is 0. The molecule has 118 valence electrons. The van der Waals surface area contributed by atoms with Crippen LogP contribution < -0.4 is 10.1 Å². The number of ether oxygens (including phenoxy) is 2. The Morgan fingerprint density at radius 3 is 2.52 bits per heavy atom. The third kappa shape index (κ3) is 6.10. The van der Waals surface area contributed by atoms with Crippen molar-refractivity contribution in [3.05, 3.63) is 65.7 Å². The molecule has 0 radical (unpaired) electrons. The van der Waals surface area contributed by atoms with E-state index in [9.17, 15) is 4.79 Å². The summed E-state index contributed by atoms with van der Waals surface area (Å²) in [5, 5.41) is 11.4. The maximum atomic E-state index is 11.5. The van der Waals surface area contributed by atoms with Gasteiger partial charge >= 0.3 is 6.09 Å². The number of alkyl carbamates (subject to hydrolysis) is 1. The van der Waals surface area contributed by atoms with Crippen molar-refractivity contribution < 1.29 is 14.3 Å². The van der Waals surface area contributed by atoms with Crippen LogP contribution in [0.3, 0.4) is 0 Å². The number of amides is 1. The molecule has 0 aliphatic carbocycles. The molecule has 0 unspecified atom stereocenters. The van der Waals surface area contributed by atoms with Gasteiger partial charge in [-0.15, -0.1) is 0 Å². The van der Waals surface area contributed by atoms with E-state index in [1.807, 2.05) is 36.4 Å². The summed E-state index contributed by atoms with van der Waals surface area (Å²) in [5.74, 6) is 0.704. The predicted octanol–water partition coefficient (Wildman–Crippen LogP) is 3.25. The summed E-state index contributed by atoms with van der Waals surface area (Å²) in [5.41, 5.74) is 1.55. The summed E-state index contributed by atoms with van der Waals surface area (Å²) >= 11 is 0. The fourth-order valence-corrected chi connectivity index (χ4v) is 1.85. The van der Waals surface area contributed by atoms with Crippen LogP contribution >= 0.6 is 0 Å². The highest BCUT2D eigenvalue weighted by atomic mass is 16.5. The lowest BCUT2D eigenvalue weighted by Gasteiger charge is -2.08. The van der Waals surface area contributed by atoms with E-state index in [0.29, 0.717) is 30.9 Å². The minimum atomic E-state index is -0.438. The summed E-state index contributed by atoms with van der Waals surface area (Å²) in [6.45, 7) is 1.21. The number of hydrogen-bond donors (Lipinski definition) is 1. The van der Waals surface area contributed by atoms with Crippen LogP contribution in [-0.2, 0) is 11.3 Å². The number of benzene rings is 2. The number of carbonyl (C=O) groups is 1. The third-order valence-corrected chi connectivity index (χ3v) is 3.06. The molecule has 2 aromatic carbocycles. The molecule has 0 bridgehead atoms. The lowest BCUT2D eigenvalue weighted by atomic mass is 10.2. The third-order valence-electron chi connectivity index (χ3n) is 3.06. The first-order valence-corrected chi connectivity index (χ1v) is 7.35. The molecular formula is C18H18N2O3. The zero-order valence-corrected chi connectivity index (χ0v) is 12.7. The second kappa shape index (κ2) is 9.11. The van der Waals surface area contributed by atoms with E-state index in [4.69, 9.17) is 14.7 Å². The second-order valence-corrected chi connectivity index (χ2v) is 4.83. The largest absolute Gasteiger partial charge is 0.494 e. The minimum absolute atomic E-state index is 0.258. The molecule has 2 aromatic rings. The molecule has 1 amide bonds. The van der Waals surface area contributed by atoms with Gasteiger partial charge in [-0.2, -0.15) is 5.26 Å². The van der Waals surface area contributed by atoms with Crippen molar-refractivity contribution in [3.8, 4) is 11.8 Å². The Morgan fingerprint density at radius 1 is 1.09 bits per heavy atom. The number of nitrogens with one attached hydrogen (secondary N) is 1. The van der Waals surface area contributed by atoms with E-state index >= 15 is 0 Å². The molecule has 0 fully saturated rings. The van der Waals surface area contributed by atoms with Crippen molar-refractivity contribution in [2.45, 2.75) is 13.0 Å². The SMILES string of the molecule is N#Cc1ccc(OCCCNC(=O)OCc2ccccc2)cc1. The van der Waals surface area contributed by atoms with Gasteiger partial charge in [-0.05, 0) is 36.2 Å². The Balaban J connectivity index is 1.56. The molecule has 2 rings (SSSR count). The highest BCUT2D eigenvalue weighted by Crippen LogP contribution is 2.11. The standard InChI is InChI=1S/C18H18N2O3/c19-13-15-7-9-17(10-8-15)22-12-4-11-20-18(21)23-14-16-5-2-1-3-6-16/h1-3,5-10H,4,11-12,14H2,(H,20,21). The maximum absolute atomic E-state index is 11.5. The summed E-state index contributed by atoms with van der Waals surface area (Å²) in [6, 6.07) is 18.5. The average molecular weight is 310 g/mol. The molecular weight excluding hydrogens is 292 g/mol. The second-order valence-electron chi connectivity index (χ2n) is 4.83. The average Bonchev–Trinajstić information content (AvgIpc) is 2.61. The van der Waals surface area contributed by atoms with E-state index in [-0.39, 0.29) is 6.61 Å². The summed E-state index contributed by atoms with van der Waals surface area (Å²) in [4.78, 5) is 11.5. The molecule has 0 aliphatic heterocycles. The Hall–Kier alpha value is -3.00. The van der Waals surface area contributed by atoms with E-state index in [1.165, 1.54) is 0 Å². The zero-order valence-electron chi connectivity index (χ0n) is 12.7. The van der Waals surface area contributed by atoms with E-state index in [2.05, 4.69) is 5.32 Å². The highest BCUT2D eigenvalue weighted by Gasteiger charge is 2.02. The molecule has 5 heteroatoms. The van der Waals surface area contributed by atoms with Crippen molar-refractivity contribution >= 4 is 6.09 Å². The van der Waals surface area contributed by atoms with Gasteiger partial charge in [0, 0.05) is 6.54 Å². The van der Waals surface area contributed by atoms with Crippen molar-refractivity contribution in [2.24, 2.45) is 0 Å². The van der Waals surface area contributed by atoms with Crippen LogP contribution in [0, 0.1) is 11.3 Å². The van der Waals surface area contributed by atoms with Crippen LogP contribution in [-0.4, -0.2) is 19.2 Å². The molecule has 5 nitrogen and oxygen atoms in total. The van der Waals surface area contributed by atoms with Crippen LogP contribution in [0.15, 0.2) is 54.6 Å². The van der Waals surface area contributed by atoms with Crippen LogP contribution in [0.5, 0.6) is 5.75 Å². The van der Waals surface area contributed by atoms with Gasteiger partial charge in [0.2, 0.25) is 0 Å². The maximum Gasteiger partial charge on any atom is 0.407 e. The van der Waals surface area contributed by atoms with Gasteiger partial charge in [-0.3, -0.25) is 0 Å². The predicted molar refractivity (Wildman–Crippen MR) is 85.9 cm³/mol. The lowest BCUT2D eigenvalue weighted by Crippen LogP contribution is -2.26. The van der Waals surface area contributed by atoms with E-state index < -0.39 is 6.09 Å². The molecule has 0 aromatic heterocycles.